The maximum Gasteiger partial charge on any atom is 0.316 e. The molecule has 0 aromatic carbocycles. The Bertz CT molecular complexity index is 1570. The summed E-state index contributed by atoms with van der Waals surface area (Å²) in [5.41, 5.74) is 0.195. The fourth-order valence-electron chi connectivity index (χ4n) is 9.95. The number of aliphatic hydroxyl groups is 3. The first-order valence-corrected chi connectivity index (χ1v) is 21.3. The lowest BCUT2D eigenvalue weighted by Crippen LogP contribution is -2.58. The highest BCUT2D eigenvalue weighted by atomic mass is 16.7. The lowest BCUT2D eigenvalue weighted by Gasteiger charge is -2.47. The molecule has 0 aromatic rings. The smallest absolute Gasteiger partial charge is 0.316 e. The van der Waals surface area contributed by atoms with Crippen LogP contribution in [-0.2, 0) is 52.2 Å². The van der Waals surface area contributed by atoms with E-state index in [1.807, 2.05) is 26.0 Å². The van der Waals surface area contributed by atoms with Gasteiger partial charge in [-0.2, -0.15) is 0 Å². The van der Waals surface area contributed by atoms with Crippen LogP contribution in [0.25, 0.3) is 0 Å². The van der Waals surface area contributed by atoms with Gasteiger partial charge in [0.1, 0.15) is 42.0 Å². The highest BCUT2D eigenvalue weighted by molar-refractivity contribution is 5.78. The Morgan fingerprint density at radius 1 is 0.897 bits per heavy atom. The number of fused-ring (bicyclic) bond motifs is 2. The predicted octanol–water partition coefficient (Wildman–Crippen LogP) is 4.19. The van der Waals surface area contributed by atoms with Gasteiger partial charge in [-0.15, -0.1) is 0 Å². The van der Waals surface area contributed by atoms with E-state index >= 15 is 0 Å². The van der Waals surface area contributed by atoms with E-state index in [0.717, 1.165) is 12.0 Å². The third kappa shape index (κ3) is 8.96. The van der Waals surface area contributed by atoms with E-state index in [9.17, 15) is 20.1 Å². The molecule has 0 amide bonds. The largest absolute Gasteiger partial charge is 0.462 e. The lowest BCUT2D eigenvalue weighted by atomic mass is 9.71. The second kappa shape index (κ2) is 18.1. The number of rotatable bonds is 6. The fraction of sp³-hybridized carbons (Fsp3) is 0.795. The number of ether oxygens (including phenoxy) is 10. The maximum atomic E-state index is 14.1. The van der Waals surface area contributed by atoms with Gasteiger partial charge < -0.3 is 62.7 Å². The van der Waals surface area contributed by atoms with Crippen molar-refractivity contribution >= 4 is 5.97 Å². The molecule has 18 atom stereocenters. The average Bonchev–Trinajstić information content (AvgIpc) is 3.53. The number of allylic oxidation sites excluding steroid dienone is 2. The molecular weight excluding hydrogens is 752 g/mol. The standard InChI is InChI=1S/C44H66O14/c1-23-14-15-43(52-21-23)20-31-17-30(58-43)13-12-25(3)39(24(2)10-9-11-29-22-51-41-37(45)26(4)16-32(42(47)55-31)44(29,41)48)56-36-19-34(50-8)40(28(6)54-36)57-35-18-33(49-7)38(46)27(5)53-35/h9-12,16,23-24,27-28,30-41,45-46,48H,13-15,17-22H2,1-8H3. The summed E-state index contributed by atoms with van der Waals surface area (Å²) >= 11 is 0. The molecule has 326 valence electrons. The summed E-state index contributed by atoms with van der Waals surface area (Å²) in [6.07, 6.45) is 5.65. The molecule has 58 heavy (non-hydrogen) atoms. The summed E-state index contributed by atoms with van der Waals surface area (Å²) in [4.78, 5) is 14.1. The number of hydrogen-bond donors (Lipinski definition) is 3. The Balaban J connectivity index is 1.16. The van der Waals surface area contributed by atoms with Crippen LogP contribution in [0.4, 0.5) is 0 Å². The Kier molecular flexibility index (Phi) is 13.8. The van der Waals surface area contributed by atoms with Crippen LogP contribution in [0.5, 0.6) is 0 Å². The minimum absolute atomic E-state index is 0.0438. The van der Waals surface area contributed by atoms with Gasteiger partial charge in [0.15, 0.2) is 18.4 Å². The molecule has 2 bridgehead atoms. The Hall–Kier alpha value is -2.05. The third-order valence-electron chi connectivity index (χ3n) is 13.5. The fourth-order valence-corrected chi connectivity index (χ4v) is 9.95. The number of esters is 1. The normalized spacial score (nSPS) is 47.8. The molecule has 3 N–H and O–H groups in total. The van der Waals surface area contributed by atoms with Crippen molar-refractivity contribution in [3.05, 3.63) is 47.1 Å². The Labute approximate surface area is 342 Å². The summed E-state index contributed by atoms with van der Waals surface area (Å²) in [5, 5.41) is 34.0. The van der Waals surface area contributed by atoms with Gasteiger partial charge in [-0.1, -0.05) is 44.2 Å². The summed E-state index contributed by atoms with van der Waals surface area (Å²) in [5.74, 6) is -2.32. The van der Waals surface area contributed by atoms with Crippen molar-refractivity contribution in [2.24, 2.45) is 17.8 Å². The molecule has 7 aliphatic rings. The zero-order valence-corrected chi connectivity index (χ0v) is 35.3. The van der Waals surface area contributed by atoms with Gasteiger partial charge in [-0.3, -0.25) is 4.79 Å². The van der Waals surface area contributed by atoms with Gasteiger partial charge in [0, 0.05) is 52.2 Å². The van der Waals surface area contributed by atoms with Crippen molar-refractivity contribution in [1.29, 1.82) is 0 Å². The second-order valence-electron chi connectivity index (χ2n) is 17.8. The maximum absolute atomic E-state index is 14.1. The van der Waals surface area contributed by atoms with Crippen LogP contribution in [0.1, 0.15) is 86.5 Å². The molecule has 7 rings (SSSR count). The quantitative estimate of drug-likeness (QED) is 0.258. The van der Waals surface area contributed by atoms with E-state index in [1.165, 1.54) is 0 Å². The van der Waals surface area contributed by atoms with Crippen molar-refractivity contribution in [2.75, 3.05) is 27.4 Å². The molecule has 14 heteroatoms. The number of carbonyl (C=O) groups excluding carboxylic acids is 1. The van der Waals surface area contributed by atoms with Gasteiger partial charge in [0.05, 0.1) is 49.8 Å². The minimum atomic E-state index is -1.81. The van der Waals surface area contributed by atoms with Gasteiger partial charge in [-0.25, -0.2) is 0 Å². The Morgan fingerprint density at radius 2 is 1.62 bits per heavy atom. The van der Waals surface area contributed by atoms with Crippen molar-refractivity contribution < 1.29 is 67.5 Å². The second-order valence-corrected chi connectivity index (χ2v) is 17.8. The summed E-state index contributed by atoms with van der Waals surface area (Å²) < 4.78 is 62.8. The number of hydrogen-bond acceptors (Lipinski definition) is 14. The van der Waals surface area contributed by atoms with Crippen LogP contribution >= 0.6 is 0 Å². The van der Waals surface area contributed by atoms with Crippen molar-refractivity contribution in [3.8, 4) is 0 Å². The SMILES string of the molecule is COC1CC(OC2C(C)OC(OC3C(C)=CCC4CC(CC5(CCC(C)CO5)O4)OC(=O)C4C=C(C)C(O)C5OCC(=CC=CC3C)C45O)CC2OC)OC(C)C1O. The lowest BCUT2D eigenvalue weighted by molar-refractivity contribution is -0.318. The average molecular weight is 819 g/mol. The number of carbonyl (C=O) groups is 1. The van der Waals surface area contributed by atoms with Gasteiger partial charge >= 0.3 is 5.97 Å². The van der Waals surface area contributed by atoms with Crippen molar-refractivity contribution in [3.63, 3.8) is 0 Å². The highest BCUT2D eigenvalue weighted by Crippen LogP contribution is 2.47. The zero-order valence-electron chi connectivity index (χ0n) is 35.3. The summed E-state index contributed by atoms with van der Waals surface area (Å²) in [7, 11) is 3.22. The van der Waals surface area contributed by atoms with E-state index in [1.54, 1.807) is 40.2 Å². The highest BCUT2D eigenvalue weighted by Gasteiger charge is 2.60. The van der Waals surface area contributed by atoms with Crippen LogP contribution in [0.3, 0.4) is 0 Å². The van der Waals surface area contributed by atoms with Crippen LogP contribution < -0.4 is 0 Å². The van der Waals surface area contributed by atoms with E-state index < -0.39 is 90.8 Å². The van der Waals surface area contributed by atoms with E-state index in [0.29, 0.717) is 62.2 Å². The molecule has 0 radical (unpaired) electrons. The molecule has 1 spiro atoms. The molecule has 6 aliphatic heterocycles. The molecule has 6 heterocycles. The third-order valence-corrected chi connectivity index (χ3v) is 13.5. The number of methoxy groups -OCH3 is 2. The first kappa shape index (κ1) is 44.0. The molecule has 1 aliphatic carbocycles. The molecule has 0 saturated carbocycles. The van der Waals surface area contributed by atoms with Crippen LogP contribution in [0, 0.1) is 17.8 Å². The van der Waals surface area contributed by atoms with Gasteiger partial charge in [0.2, 0.25) is 0 Å². The van der Waals surface area contributed by atoms with Crippen LogP contribution in [0.2, 0.25) is 0 Å². The first-order chi connectivity index (χ1) is 27.6. The first-order valence-electron chi connectivity index (χ1n) is 21.3. The molecule has 18 unspecified atom stereocenters. The Morgan fingerprint density at radius 3 is 2.34 bits per heavy atom. The number of aliphatic hydroxyl groups excluding tert-OH is 2. The van der Waals surface area contributed by atoms with Crippen LogP contribution in [-0.4, -0.2) is 140 Å². The molecule has 5 fully saturated rings. The van der Waals surface area contributed by atoms with Crippen molar-refractivity contribution in [2.45, 2.75) is 178 Å². The van der Waals surface area contributed by atoms with E-state index in [-0.39, 0.29) is 24.7 Å². The van der Waals surface area contributed by atoms with Crippen LogP contribution in [0.15, 0.2) is 47.1 Å². The monoisotopic (exact) mass is 818 g/mol. The van der Waals surface area contributed by atoms with Crippen molar-refractivity contribution in [1.82, 2.24) is 0 Å². The summed E-state index contributed by atoms with van der Waals surface area (Å²) in [6, 6.07) is 0. The topological polar surface area (TPSA) is 170 Å². The van der Waals surface area contributed by atoms with E-state index in [2.05, 4.69) is 19.9 Å². The molecule has 0 aromatic heterocycles. The van der Waals surface area contributed by atoms with Gasteiger partial charge in [0.25, 0.3) is 0 Å². The summed E-state index contributed by atoms with van der Waals surface area (Å²) in [6.45, 7) is 12.3. The molecule has 14 nitrogen and oxygen atoms in total. The minimum Gasteiger partial charge on any atom is -0.462 e. The van der Waals surface area contributed by atoms with E-state index in [4.69, 9.17) is 47.4 Å². The molecular formula is C44H66O14. The zero-order chi connectivity index (χ0) is 41.5. The predicted molar refractivity (Wildman–Crippen MR) is 209 cm³/mol. The van der Waals surface area contributed by atoms with Gasteiger partial charge in [-0.05, 0) is 63.2 Å². The molecule has 5 saturated heterocycles.